The summed E-state index contributed by atoms with van der Waals surface area (Å²) in [5.74, 6) is 0. The fourth-order valence-electron chi connectivity index (χ4n) is 3.14. The van der Waals surface area contributed by atoms with Crippen LogP contribution < -0.4 is 57.1 Å². The van der Waals surface area contributed by atoms with Crippen LogP contribution in [0, 0.1) is 13.8 Å². The van der Waals surface area contributed by atoms with Crippen LogP contribution in [-0.4, -0.2) is 0 Å². The highest BCUT2D eigenvalue weighted by Crippen LogP contribution is 2.11. The van der Waals surface area contributed by atoms with Crippen LogP contribution >= 0.6 is 22.7 Å². The molecule has 6 heteroatoms. The summed E-state index contributed by atoms with van der Waals surface area (Å²) in [4.78, 5) is 1.42. The second kappa shape index (κ2) is 16.7. The lowest BCUT2D eigenvalue weighted by molar-refractivity contribution is -0.698. The molecule has 0 atom stereocenters. The van der Waals surface area contributed by atoms with E-state index >= 15 is 0 Å². The first kappa shape index (κ1) is 26.7. The van der Waals surface area contributed by atoms with Gasteiger partial charge < -0.3 is 48.0 Å². The Morgan fingerprint density at radius 3 is 1.73 bits per heavy atom. The minimum Gasteiger partial charge on any atom is -1.00 e. The zero-order valence-corrected chi connectivity index (χ0v) is 22.2. The molecule has 0 aliphatic carbocycles. The third-order valence-electron chi connectivity index (χ3n) is 4.67. The van der Waals surface area contributed by atoms with Crippen LogP contribution in [0.4, 0.5) is 0 Å². The second-order valence-corrected chi connectivity index (χ2v) is 8.74. The van der Waals surface area contributed by atoms with E-state index < -0.39 is 0 Å². The Morgan fingerprint density at radius 1 is 0.731 bits per heavy atom. The van der Waals surface area contributed by atoms with Crippen molar-refractivity contribution in [3.05, 3.63) is 33.2 Å². The standard InChI is InChI=1S/C20H34N2S2.2HI/c1-19-16-23-18-22(19)14-12-10-8-6-4-3-5-7-9-11-13-21-15-20(2)24-17-21;;/h15-18H,3-14H2,1-2H3;2*1H/q+2;;/p-2. The van der Waals surface area contributed by atoms with Gasteiger partial charge in [0.15, 0.2) is 11.9 Å². The average molecular weight is 620 g/mol. The summed E-state index contributed by atoms with van der Waals surface area (Å²) in [6.45, 7) is 6.79. The zero-order valence-electron chi connectivity index (χ0n) is 16.3. The lowest BCUT2D eigenvalue weighted by Crippen LogP contribution is -3.00. The van der Waals surface area contributed by atoms with Crippen LogP contribution in [-0.2, 0) is 13.1 Å². The third-order valence-corrected chi connectivity index (χ3v) is 6.37. The topological polar surface area (TPSA) is 7.76 Å². The smallest absolute Gasteiger partial charge is 0.224 e. The van der Waals surface area contributed by atoms with Crippen molar-refractivity contribution < 1.29 is 57.1 Å². The van der Waals surface area contributed by atoms with Gasteiger partial charge in [-0.25, -0.2) is 0 Å². The third kappa shape index (κ3) is 11.5. The predicted octanol–water partition coefficient (Wildman–Crippen LogP) is -0.389. The van der Waals surface area contributed by atoms with Crippen molar-refractivity contribution in [2.45, 2.75) is 91.1 Å². The predicted molar refractivity (Wildman–Crippen MR) is 105 cm³/mol. The molecule has 2 nitrogen and oxygen atoms in total. The number of hydrogen-bond donors (Lipinski definition) is 0. The van der Waals surface area contributed by atoms with Crippen LogP contribution in [0.15, 0.2) is 22.6 Å². The summed E-state index contributed by atoms with van der Waals surface area (Å²) < 4.78 is 4.73. The molecular formula is C20H34I2N2S2. The van der Waals surface area contributed by atoms with Crippen molar-refractivity contribution >= 4 is 22.7 Å². The van der Waals surface area contributed by atoms with Gasteiger partial charge in [0.05, 0.1) is 10.3 Å². The molecular weight excluding hydrogens is 586 g/mol. The van der Waals surface area contributed by atoms with E-state index in [9.17, 15) is 0 Å². The number of rotatable bonds is 13. The first-order chi connectivity index (χ1) is 11.8. The highest BCUT2D eigenvalue weighted by atomic mass is 127. The maximum atomic E-state index is 2.39. The number of halogens is 2. The van der Waals surface area contributed by atoms with Crippen molar-refractivity contribution in [1.29, 1.82) is 0 Å². The molecule has 2 aromatic rings. The Hall–Kier alpha value is 0.720. The first-order valence-corrected chi connectivity index (χ1v) is 11.4. The summed E-state index contributed by atoms with van der Waals surface area (Å²) in [5, 5.41) is 2.24. The summed E-state index contributed by atoms with van der Waals surface area (Å²) in [6.07, 6.45) is 16.3. The van der Waals surface area contributed by atoms with Crippen LogP contribution in [0.3, 0.4) is 0 Å². The fraction of sp³-hybridized carbons (Fsp3) is 0.700. The van der Waals surface area contributed by atoms with E-state index in [2.05, 4.69) is 45.6 Å². The number of aryl methyl sites for hydroxylation is 4. The highest BCUT2D eigenvalue weighted by Gasteiger charge is 2.05. The van der Waals surface area contributed by atoms with Gasteiger partial charge in [-0.2, -0.15) is 9.13 Å². The van der Waals surface area contributed by atoms with Crippen LogP contribution in [0.5, 0.6) is 0 Å². The number of unbranched alkanes of at least 4 members (excludes halogenated alkanes) is 9. The minimum absolute atomic E-state index is 0. The molecule has 0 bridgehead atoms. The van der Waals surface area contributed by atoms with Gasteiger partial charge >= 0.3 is 0 Å². The molecule has 0 amide bonds. The summed E-state index contributed by atoms with van der Waals surface area (Å²) in [5.41, 5.74) is 5.90. The van der Waals surface area contributed by atoms with Gasteiger partial charge in [-0.1, -0.05) is 61.2 Å². The van der Waals surface area contributed by atoms with Crippen molar-refractivity contribution in [3.8, 4) is 0 Å². The van der Waals surface area contributed by atoms with Gasteiger partial charge in [0.2, 0.25) is 11.0 Å². The number of aromatic nitrogens is 2. The Labute approximate surface area is 202 Å². The number of thiazole rings is 2. The molecule has 2 heterocycles. The molecule has 0 aliphatic rings. The SMILES string of the molecule is Cc1c[n+](CCCCCCCCCCCC[n+]2cscc2C)cs1.[I-].[I-]. The van der Waals surface area contributed by atoms with Crippen LogP contribution in [0.1, 0.15) is 74.8 Å². The Balaban J connectivity index is 0.00000312. The molecule has 0 aromatic carbocycles. The van der Waals surface area contributed by atoms with Crippen molar-refractivity contribution in [2.24, 2.45) is 0 Å². The molecule has 0 saturated heterocycles. The molecule has 0 radical (unpaired) electrons. The normalized spacial score (nSPS) is 10.4. The maximum absolute atomic E-state index is 2.39. The highest BCUT2D eigenvalue weighted by molar-refractivity contribution is 7.09. The Kier molecular flexibility index (Phi) is 17.1. The quantitative estimate of drug-likeness (QED) is 0.164. The van der Waals surface area contributed by atoms with E-state index in [1.54, 1.807) is 0 Å². The fourth-order valence-corrected chi connectivity index (χ4v) is 4.61. The largest absolute Gasteiger partial charge is 1.00 e. The van der Waals surface area contributed by atoms with Gasteiger partial charge in [0, 0.05) is 19.8 Å². The van der Waals surface area contributed by atoms with Crippen LogP contribution in [0.2, 0.25) is 0 Å². The zero-order chi connectivity index (χ0) is 17.0. The van der Waals surface area contributed by atoms with Crippen molar-refractivity contribution in [3.63, 3.8) is 0 Å². The van der Waals surface area contributed by atoms with Gasteiger partial charge in [0.1, 0.15) is 13.1 Å². The van der Waals surface area contributed by atoms with Crippen LogP contribution in [0.25, 0.3) is 0 Å². The van der Waals surface area contributed by atoms with Crippen molar-refractivity contribution in [1.82, 2.24) is 0 Å². The van der Waals surface area contributed by atoms with E-state index in [-0.39, 0.29) is 48.0 Å². The van der Waals surface area contributed by atoms with Gasteiger partial charge in [-0.15, -0.1) is 0 Å². The molecule has 0 N–H and O–H groups in total. The van der Waals surface area contributed by atoms with E-state index in [0.29, 0.717) is 0 Å². The minimum atomic E-state index is 0. The van der Waals surface area contributed by atoms with Gasteiger partial charge in [-0.05, 0) is 19.8 Å². The van der Waals surface area contributed by atoms with Gasteiger partial charge in [-0.3, -0.25) is 0 Å². The molecule has 26 heavy (non-hydrogen) atoms. The number of hydrogen-bond acceptors (Lipinski definition) is 2. The van der Waals surface area contributed by atoms with E-state index in [1.807, 2.05) is 22.7 Å². The molecule has 0 aliphatic heterocycles. The van der Waals surface area contributed by atoms with E-state index in [1.165, 1.54) is 87.9 Å². The lowest BCUT2D eigenvalue weighted by atomic mass is 10.1. The maximum Gasteiger partial charge on any atom is 0.224 e. The van der Waals surface area contributed by atoms with Crippen molar-refractivity contribution in [2.75, 3.05) is 0 Å². The Bertz CT molecular complexity index is 570. The molecule has 0 unspecified atom stereocenters. The summed E-state index contributed by atoms with van der Waals surface area (Å²) in [6, 6.07) is 0. The molecule has 0 saturated carbocycles. The average Bonchev–Trinajstić information content (AvgIpc) is 3.17. The van der Waals surface area contributed by atoms with E-state index in [4.69, 9.17) is 0 Å². The first-order valence-electron chi connectivity index (χ1n) is 9.62. The molecule has 2 aromatic heterocycles. The molecule has 150 valence electrons. The lowest BCUT2D eigenvalue weighted by Gasteiger charge is -2.01. The summed E-state index contributed by atoms with van der Waals surface area (Å²) in [7, 11) is 0. The monoisotopic (exact) mass is 620 g/mol. The molecule has 0 spiro atoms. The second-order valence-electron chi connectivity index (χ2n) is 6.93. The molecule has 2 rings (SSSR count). The Morgan fingerprint density at radius 2 is 1.27 bits per heavy atom. The molecule has 0 fully saturated rings. The number of nitrogens with zero attached hydrogens (tertiary/aromatic N) is 2. The van der Waals surface area contributed by atoms with Gasteiger partial charge in [0.25, 0.3) is 0 Å². The van der Waals surface area contributed by atoms with E-state index in [0.717, 1.165) is 0 Å². The summed E-state index contributed by atoms with van der Waals surface area (Å²) >= 11 is 3.66.